The normalized spacial score (nSPS) is 20.8. The number of benzene rings is 2. The fourth-order valence-corrected chi connectivity index (χ4v) is 7.94. The van der Waals surface area contributed by atoms with E-state index in [1.807, 2.05) is 10.4 Å². The highest BCUT2D eigenvalue weighted by Crippen LogP contribution is 2.38. The maximum Gasteiger partial charge on any atom is 0.243 e. The molecule has 1 aliphatic carbocycles. The van der Waals surface area contributed by atoms with Gasteiger partial charge in [-0.2, -0.15) is 4.31 Å². The van der Waals surface area contributed by atoms with Gasteiger partial charge >= 0.3 is 0 Å². The Hall–Kier alpha value is -2.49. The molecule has 7 nitrogen and oxygen atoms in total. The summed E-state index contributed by atoms with van der Waals surface area (Å²) >= 11 is 1.60. The molecule has 1 saturated heterocycles. The van der Waals surface area contributed by atoms with Crippen molar-refractivity contribution in [1.29, 1.82) is 0 Å². The maximum absolute atomic E-state index is 14.2. The van der Waals surface area contributed by atoms with E-state index in [0.717, 1.165) is 41.5 Å². The summed E-state index contributed by atoms with van der Waals surface area (Å²) in [6.45, 7) is 5.38. The summed E-state index contributed by atoms with van der Waals surface area (Å²) in [5.74, 6) is 0.508. The van der Waals surface area contributed by atoms with Gasteiger partial charge in [0.15, 0.2) is 0 Å². The van der Waals surface area contributed by atoms with Crippen LogP contribution in [0.2, 0.25) is 0 Å². The third-order valence-electron chi connectivity index (χ3n) is 7.94. The second-order valence-corrected chi connectivity index (χ2v) is 13.7. The summed E-state index contributed by atoms with van der Waals surface area (Å²) in [5.41, 5.74) is 4.06. The van der Waals surface area contributed by atoms with Crippen LogP contribution in [0.4, 0.5) is 0 Å². The number of aromatic nitrogens is 1. The quantitative estimate of drug-likeness (QED) is 0.397. The lowest BCUT2D eigenvalue weighted by atomic mass is 9.75. The molecule has 1 aromatic heterocycles. The molecule has 5 rings (SSSR count). The molecule has 1 saturated carbocycles. The van der Waals surface area contributed by atoms with Crippen LogP contribution in [0.15, 0.2) is 52.9 Å². The topological polar surface area (TPSA) is 79.8 Å². The summed E-state index contributed by atoms with van der Waals surface area (Å²) < 4.78 is 35.0. The molecule has 37 heavy (non-hydrogen) atoms. The number of hydrogen-bond acceptors (Lipinski definition) is 6. The van der Waals surface area contributed by atoms with E-state index in [2.05, 4.69) is 37.0 Å². The Morgan fingerprint density at radius 1 is 1.14 bits per heavy atom. The van der Waals surface area contributed by atoms with Crippen LogP contribution in [0.25, 0.3) is 10.2 Å². The Morgan fingerprint density at radius 3 is 2.57 bits per heavy atom. The minimum Gasteiger partial charge on any atom is -0.497 e. The first-order chi connectivity index (χ1) is 17.7. The van der Waals surface area contributed by atoms with Gasteiger partial charge in [-0.1, -0.05) is 19.9 Å². The lowest BCUT2D eigenvalue weighted by Crippen LogP contribution is -2.51. The van der Waals surface area contributed by atoms with Crippen molar-refractivity contribution in [3.8, 4) is 5.75 Å². The molecule has 1 atom stereocenters. The fraction of sp³-hybridized carbons (Fsp3) is 0.500. The molecule has 1 amide bonds. The Morgan fingerprint density at radius 2 is 1.86 bits per heavy atom. The third kappa shape index (κ3) is 5.40. The molecule has 3 aromatic rings. The van der Waals surface area contributed by atoms with Crippen molar-refractivity contribution in [2.24, 2.45) is 5.41 Å². The molecule has 0 bridgehead atoms. The van der Waals surface area contributed by atoms with E-state index in [4.69, 9.17) is 4.74 Å². The molecular formula is C28H35N3O4S2. The average Bonchev–Trinajstić information content (AvgIpc) is 3.57. The highest BCUT2D eigenvalue weighted by Gasteiger charge is 2.43. The third-order valence-corrected chi connectivity index (χ3v) is 10.7. The van der Waals surface area contributed by atoms with Gasteiger partial charge in [-0.3, -0.25) is 4.79 Å². The van der Waals surface area contributed by atoms with Crippen molar-refractivity contribution in [1.82, 2.24) is 14.2 Å². The Kier molecular flexibility index (Phi) is 7.31. The van der Waals surface area contributed by atoms with E-state index in [1.165, 1.54) is 4.31 Å². The number of carbonyl (C=O) groups is 1. The summed E-state index contributed by atoms with van der Waals surface area (Å²) in [5, 5.41) is 0. The van der Waals surface area contributed by atoms with Crippen molar-refractivity contribution >= 4 is 37.5 Å². The highest BCUT2D eigenvalue weighted by atomic mass is 32.2. The van der Waals surface area contributed by atoms with Crippen LogP contribution >= 0.6 is 11.3 Å². The van der Waals surface area contributed by atoms with E-state index >= 15 is 0 Å². The van der Waals surface area contributed by atoms with Crippen molar-refractivity contribution in [2.75, 3.05) is 13.7 Å². The molecule has 0 N–H and O–H groups in total. The minimum atomic E-state index is -3.81. The summed E-state index contributed by atoms with van der Waals surface area (Å²) in [6, 6.07) is 12.0. The van der Waals surface area contributed by atoms with E-state index in [1.54, 1.807) is 42.7 Å². The molecule has 198 valence electrons. The van der Waals surface area contributed by atoms with E-state index in [0.29, 0.717) is 31.7 Å². The fourth-order valence-electron chi connectivity index (χ4n) is 5.63. The van der Waals surface area contributed by atoms with Gasteiger partial charge < -0.3 is 9.64 Å². The first kappa shape index (κ1) is 26.1. The zero-order valence-electron chi connectivity index (χ0n) is 21.7. The van der Waals surface area contributed by atoms with Crippen LogP contribution in [-0.4, -0.2) is 54.3 Å². The van der Waals surface area contributed by atoms with Gasteiger partial charge in [0, 0.05) is 19.1 Å². The maximum atomic E-state index is 14.2. The first-order valence-electron chi connectivity index (χ1n) is 13.0. The number of rotatable bonds is 7. The smallest absolute Gasteiger partial charge is 0.243 e. The standard InChI is InChI=1S/C28H35N3O4S2/c1-28(2)14-12-21(13-15-28)30(18-20-6-11-26-24(17-20)29-19-36-26)27(32)25-5-4-16-31(25)37(33,34)23-9-7-22(35-3)8-10-23/h6-11,17,19,21,25H,4-5,12-16,18H2,1-3H3/t25-/m0/s1. The minimum absolute atomic E-state index is 0.0855. The number of methoxy groups -OCH3 is 1. The van der Waals surface area contributed by atoms with Crippen molar-refractivity contribution in [2.45, 2.75) is 75.9 Å². The number of hydrogen-bond donors (Lipinski definition) is 0. The van der Waals surface area contributed by atoms with Gasteiger partial charge in [0.2, 0.25) is 15.9 Å². The Bertz CT molecular complexity index is 1360. The Labute approximate surface area is 223 Å². The van der Waals surface area contributed by atoms with Crippen LogP contribution < -0.4 is 4.74 Å². The average molecular weight is 542 g/mol. The number of fused-ring (bicyclic) bond motifs is 1. The SMILES string of the molecule is COc1ccc(S(=O)(=O)N2CCC[C@H]2C(=O)N(Cc2ccc3scnc3c2)C2CCC(C)(C)CC2)cc1. The molecule has 2 aliphatic rings. The molecule has 0 spiro atoms. The van der Waals surface area contributed by atoms with Crippen LogP contribution in [-0.2, 0) is 21.4 Å². The molecular weight excluding hydrogens is 506 g/mol. The van der Waals surface area contributed by atoms with Crippen molar-refractivity contribution in [3.05, 3.63) is 53.5 Å². The second kappa shape index (κ2) is 10.3. The Balaban J connectivity index is 1.43. The van der Waals surface area contributed by atoms with Crippen molar-refractivity contribution < 1.29 is 17.9 Å². The summed E-state index contributed by atoms with van der Waals surface area (Å²) in [4.78, 5) is 20.8. The monoisotopic (exact) mass is 541 g/mol. The molecule has 2 heterocycles. The molecule has 2 aromatic carbocycles. The zero-order chi connectivity index (χ0) is 26.2. The first-order valence-corrected chi connectivity index (χ1v) is 15.3. The van der Waals surface area contributed by atoms with Crippen LogP contribution in [0, 0.1) is 5.41 Å². The van der Waals surface area contributed by atoms with Crippen LogP contribution in [0.5, 0.6) is 5.75 Å². The molecule has 0 unspecified atom stereocenters. The largest absolute Gasteiger partial charge is 0.497 e. The predicted octanol–water partition coefficient (Wildman–Crippen LogP) is 5.46. The number of ether oxygens (including phenoxy) is 1. The van der Waals surface area contributed by atoms with Gasteiger partial charge in [0.1, 0.15) is 11.8 Å². The van der Waals surface area contributed by atoms with Gasteiger partial charge in [0.05, 0.1) is 27.7 Å². The van der Waals surface area contributed by atoms with Crippen LogP contribution in [0.1, 0.15) is 57.9 Å². The van der Waals surface area contributed by atoms with E-state index < -0.39 is 16.1 Å². The van der Waals surface area contributed by atoms with Gasteiger partial charge in [-0.05, 0) is 85.9 Å². The van der Waals surface area contributed by atoms with Crippen LogP contribution in [0.3, 0.4) is 0 Å². The number of carbonyl (C=O) groups excluding carboxylic acids is 1. The number of nitrogens with zero attached hydrogens (tertiary/aromatic N) is 3. The van der Waals surface area contributed by atoms with E-state index in [-0.39, 0.29) is 22.3 Å². The summed E-state index contributed by atoms with van der Waals surface area (Å²) in [7, 11) is -2.27. The molecule has 0 radical (unpaired) electrons. The van der Waals surface area contributed by atoms with Gasteiger partial charge in [-0.25, -0.2) is 13.4 Å². The van der Waals surface area contributed by atoms with Crippen molar-refractivity contribution in [3.63, 3.8) is 0 Å². The number of amides is 1. The second-order valence-electron chi connectivity index (χ2n) is 11.0. The molecule has 2 fully saturated rings. The van der Waals surface area contributed by atoms with Gasteiger partial charge in [0.25, 0.3) is 0 Å². The molecule has 1 aliphatic heterocycles. The number of sulfonamides is 1. The lowest BCUT2D eigenvalue weighted by Gasteiger charge is -2.41. The number of thiazole rings is 1. The zero-order valence-corrected chi connectivity index (χ0v) is 23.4. The van der Waals surface area contributed by atoms with Gasteiger partial charge in [-0.15, -0.1) is 11.3 Å². The summed E-state index contributed by atoms with van der Waals surface area (Å²) in [6.07, 6.45) is 5.15. The lowest BCUT2D eigenvalue weighted by molar-refractivity contribution is -0.139. The van der Waals surface area contributed by atoms with E-state index in [9.17, 15) is 13.2 Å². The molecule has 9 heteroatoms. The predicted molar refractivity (Wildman–Crippen MR) is 146 cm³/mol. The highest BCUT2D eigenvalue weighted by molar-refractivity contribution is 7.89.